The van der Waals surface area contributed by atoms with Gasteiger partial charge in [0.05, 0.1) is 17.0 Å². The molecule has 7 heteroatoms. The van der Waals surface area contributed by atoms with Crippen molar-refractivity contribution >= 4 is 27.4 Å². The highest BCUT2D eigenvalue weighted by atomic mass is 35.5. The number of halogens is 2. The molecule has 0 heterocycles. The van der Waals surface area contributed by atoms with E-state index in [0.29, 0.717) is 5.02 Å². The molecule has 2 aromatic carbocycles. The van der Waals surface area contributed by atoms with Gasteiger partial charge in [-0.1, -0.05) is 23.7 Å². The van der Waals surface area contributed by atoms with Crippen LogP contribution in [0, 0.1) is 5.82 Å². The van der Waals surface area contributed by atoms with E-state index in [2.05, 4.69) is 4.72 Å². The average molecular weight is 328 g/mol. The molecule has 0 aliphatic heterocycles. The van der Waals surface area contributed by atoms with Gasteiger partial charge in [0.1, 0.15) is 5.82 Å². The van der Waals surface area contributed by atoms with Gasteiger partial charge in [-0.25, -0.2) is 17.5 Å². The van der Waals surface area contributed by atoms with Gasteiger partial charge in [0.2, 0.25) is 10.0 Å². The minimum atomic E-state index is -3.84. The third-order valence-corrected chi connectivity index (χ3v) is 4.39. The summed E-state index contributed by atoms with van der Waals surface area (Å²) >= 11 is 5.68. The Hall–Kier alpha value is -1.76. The summed E-state index contributed by atoms with van der Waals surface area (Å²) < 4.78 is 39.5. The normalized spacial score (nSPS) is 11.3. The summed E-state index contributed by atoms with van der Waals surface area (Å²) in [5.74, 6) is -1.33. The van der Waals surface area contributed by atoms with E-state index in [-0.39, 0.29) is 10.5 Å². The first-order valence-electron chi connectivity index (χ1n) is 5.93. The summed E-state index contributed by atoms with van der Waals surface area (Å²) in [6.07, 6.45) is 0. The quantitative estimate of drug-likeness (QED) is 0.859. The lowest BCUT2D eigenvalue weighted by atomic mass is 10.1. The standard InChI is InChI=1S/C14H11ClFNO3S/c15-10-5-7-11(8-6-10)21(19,20)17-9-14(18)12-3-1-2-4-13(12)16/h1-8,17H,9H2. The average Bonchev–Trinajstić information content (AvgIpc) is 2.46. The first kappa shape index (κ1) is 15.6. The molecule has 0 saturated carbocycles. The molecule has 0 fully saturated rings. The molecule has 0 aliphatic rings. The highest BCUT2D eigenvalue weighted by Crippen LogP contribution is 2.14. The van der Waals surface area contributed by atoms with E-state index in [0.717, 1.165) is 6.07 Å². The second-order valence-electron chi connectivity index (χ2n) is 4.18. The highest BCUT2D eigenvalue weighted by Gasteiger charge is 2.17. The minimum Gasteiger partial charge on any atom is -0.293 e. The zero-order valence-electron chi connectivity index (χ0n) is 10.7. The van der Waals surface area contributed by atoms with E-state index < -0.39 is 28.2 Å². The first-order valence-corrected chi connectivity index (χ1v) is 7.79. The SMILES string of the molecule is O=C(CNS(=O)(=O)c1ccc(Cl)cc1)c1ccccc1F. The summed E-state index contributed by atoms with van der Waals surface area (Å²) in [5.41, 5.74) is -0.156. The Morgan fingerprint density at radius 3 is 2.33 bits per heavy atom. The van der Waals surface area contributed by atoms with Crippen LogP contribution in [-0.2, 0) is 10.0 Å². The molecule has 0 saturated heterocycles. The molecule has 0 aliphatic carbocycles. The zero-order chi connectivity index (χ0) is 15.5. The number of benzene rings is 2. The van der Waals surface area contributed by atoms with E-state index in [9.17, 15) is 17.6 Å². The largest absolute Gasteiger partial charge is 0.293 e. The lowest BCUT2D eigenvalue weighted by molar-refractivity contribution is 0.0993. The van der Waals surface area contributed by atoms with Crippen LogP contribution in [0.25, 0.3) is 0 Å². The summed E-state index contributed by atoms with van der Waals surface area (Å²) in [6, 6.07) is 10.9. The minimum absolute atomic E-state index is 0.0202. The van der Waals surface area contributed by atoms with E-state index in [4.69, 9.17) is 11.6 Å². The van der Waals surface area contributed by atoms with Crippen molar-refractivity contribution in [1.29, 1.82) is 0 Å². The molecule has 0 amide bonds. The molecule has 0 aromatic heterocycles. The molecular weight excluding hydrogens is 317 g/mol. The van der Waals surface area contributed by atoms with Gasteiger partial charge in [-0.15, -0.1) is 0 Å². The molecule has 2 rings (SSSR count). The van der Waals surface area contributed by atoms with Crippen LogP contribution in [0.15, 0.2) is 53.4 Å². The van der Waals surface area contributed by atoms with Crippen LogP contribution in [0.4, 0.5) is 4.39 Å². The molecule has 0 spiro atoms. The fourth-order valence-electron chi connectivity index (χ4n) is 1.64. The van der Waals surface area contributed by atoms with Crippen LogP contribution < -0.4 is 4.72 Å². The van der Waals surface area contributed by atoms with E-state index >= 15 is 0 Å². The molecule has 1 N–H and O–H groups in total. The number of sulfonamides is 1. The number of Topliss-reactive ketones (excluding diaryl/α,β-unsaturated/α-hetero) is 1. The molecule has 2 aromatic rings. The predicted molar refractivity (Wildman–Crippen MR) is 77.4 cm³/mol. The summed E-state index contributed by atoms with van der Waals surface area (Å²) in [7, 11) is -3.84. The fourth-order valence-corrected chi connectivity index (χ4v) is 2.75. The molecule has 4 nitrogen and oxygen atoms in total. The summed E-state index contributed by atoms with van der Waals surface area (Å²) in [4.78, 5) is 11.8. The number of rotatable bonds is 5. The lowest BCUT2D eigenvalue weighted by Gasteiger charge is -2.07. The number of carbonyl (C=O) groups is 1. The second kappa shape index (κ2) is 6.34. The smallest absolute Gasteiger partial charge is 0.240 e. The van der Waals surface area contributed by atoms with Gasteiger partial charge in [0.15, 0.2) is 5.78 Å². The maximum absolute atomic E-state index is 13.4. The van der Waals surface area contributed by atoms with Gasteiger partial charge in [-0.2, -0.15) is 0 Å². The molecule has 0 bridgehead atoms. The summed E-state index contributed by atoms with van der Waals surface area (Å²) in [5, 5.41) is 0.399. The van der Waals surface area contributed by atoms with Crippen LogP contribution in [0.5, 0.6) is 0 Å². The fraction of sp³-hybridized carbons (Fsp3) is 0.0714. The Bertz CT molecular complexity index is 760. The van der Waals surface area contributed by atoms with E-state index in [1.54, 1.807) is 0 Å². The Morgan fingerprint density at radius 1 is 1.10 bits per heavy atom. The topological polar surface area (TPSA) is 63.2 Å². The number of hydrogen-bond acceptors (Lipinski definition) is 3. The Labute approximate surface area is 126 Å². The van der Waals surface area contributed by atoms with Gasteiger partial charge in [0, 0.05) is 5.02 Å². The number of nitrogens with one attached hydrogen (secondary N) is 1. The van der Waals surface area contributed by atoms with Crippen molar-refractivity contribution in [2.75, 3.05) is 6.54 Å². The lowest BCUT2D eigenvalue weighted by Crippen LogP contribution is -2.30. The van der Waals surface area contributed by atoms with Crippen LogP contribution in [-0.4, -0.2) is 20.7 Å². The Balaban J connectivity index is 2.10. The van der Waals surface area contributed by atoms with Crippen molar-refractivity contribution in [2.24, 2.45) is 0 Å². The van der Waals surface area contributed by atoms with Gasteiger partial charge >= 0.3 is 0 Å². The van der Waals surface area contributed by atoms with Crippen molar-refractivity contribution in [3.63, 3.8) is 0 Å². The van der Waals surface area contributed by atoms with E-state index in [1.807, 2.05) is 0 Å². The molecule has 0 atom stereocenters. The number of hydrogen-bond donors (Lipinski definition) is 1. The maximum atomic E-state index is 13.4. The van der Waals surface area contributed by atoms with Gasteiger partial charge < -0.3 is 0 Å². The zero-order valence-corrected chi connectivity index (χ0v) is 12.3. The van der Waals surface area contributed by atoms with Gasteiger partial charge in [-0.3, -0.25) is 4.79 Å². The van der Waals surface area contributed by atoms with Gasteiger partial charge in [-0.05, 0) is 36.4 Å². The predicted octanol–water partition coefficient (Wildman–Crippen LogP) is 2.64. The van der Waals surface area contributed by atoms with Crippen LogP contribution in [0.3, 0.4) is 0 Å². The van der Waals surface area contributed by atoms with Crippen molar-refractivity contribution in [3.8, 4) is 0 Å². The van der Waals surface area contributed by atoms with E-state index in [1.165, 1.54) is 42.5 Å². The third kappa shape index (κ3) is 3.87. The summed E-state index contributed by atoms with van der Waals surface area (Å²) in [6.45, 7) is -0.522. The van der Waals surface area contributed by atoms with Crippen molar-refractivity contribution in [3.05, 3.63) is 64.9 Å². The molecule has 110 valence electrons. The second-order valence-corrected chi connectivity index (χ2v) is 6.38. The maximum Gasteiger partial charge on any atom is 0.240 e. The number of carbonyl (C=O) groups excluding carboxylic acids is 1. The van der Waals surface area contributed by atoms with Crippen molar-refractivity contribution in [1.82, 2.24) is 4.72 Å². The van der Waals surface area contributed by atoms with Crippen LogP contribution in [0.1, 0.15) is 10.4 Å². The Kier molecular flexibility index (Phi) is 4.72. The van der Waals surface area contributed by atoms with Crippen LogP contribution >= 0.6 is 11.6 Å². The number of ketones is 1. The van der Waals surface area contributed by atoms with Gasteiger partial charge in [0.25, 0.3) is 0 Å². The highest BCUT2D eigenvalue weighted by molar-refractivity contribution is 7.89. The molecule has 0 radical (unpaired) electrons. The molecular formula is C14H11ClFNO3S. The molecule has 21 heavy (non-hydrogen) atoms. The third-order valence-electron chi connectivity index (χ3n) is 2.72. The van der Waals surface area contributed by atoms with Crippen molar-refractivity contribution in [2.45, 2.75) is 4.90 Å². The first-order chi connectivity index (χ1) is 9.90. The monoisotopic (exact) mass is 327 g/mol. The molecule has 0 unspecified atom stereocenters. The van der Waals surface area contributed by atoms with Crippen LogP contribution in [0.2, 0.25) is 5.02 Å². The van der Waals surface area contributed by atoms with Crippen molar-refractivity contribution < 1.29 is 17.6 Å². The Morgan fingerprint density at radius 2 is 1.71 bits per heavy atom.